The van der Waals surface area contributed by atoms with Gasteiger partial charge in [-0.15, -0.1) is 0 Å². The Balaban J connectivity index is 2.27. The number of aliphatic hydroxyl groups excluding tert-OH is 1. The first kappa shape index (κ1) is 13.3. The molecular weight excluding hydrogens is 242 g/mol. The number of pyridine rings is 1. The Hall–Kier alpha value is -2.17. The molecule has 2 heterocycles. The Morgan fingerprint density at radius 1 is 1.32 bits per heavy atom. The van der Waals surface area contributed by atoms with E-state index in [0.29, 0.717) is 18.8 Å². The molecule has 0 spiro atoms. The van der Waals surface area contributed by atoms with Crippen LogP contribution in [0.3, 0.4) is 0 Å². The van der Waals surface area contributed by atoms with E-state index in [-0.39, 0.29) is 17.2 Å². The first-order valence-electron chi connectivity index (χ1n) is 6.38. The summed E-state index contributed by atoms with van der Waals surface area (Å²) < 4.78 is 0. The van der Waals surface area contributed by atoms with Crippen molar-refractivity contribution in [3.8, 4) is 0 Å². The minimum Gasteiger partial charge on any atom is -0.505 e. The van der Waals surface area contributed by atoms with Crippen LogP contribution in [0.1, 0.15) is 25.0 Å². The molecule has 1 aromatic rings. The second kappa shape index (κ2) is 6.13. The molecular formula is C14H17N3O2. The van der Waals surface area contributed by atoms with Crippen molar-refractivity contribution in [2.75, 3.05) is 13.1 Å². The van der Waals surface area contributed by atoms with Crippen molar-refractivity contribution in [2.24, 2.45) is 0 Å². The average Bonchev–Trinajstić information content (AvgIpc) is 2.49. The molecule has 19 heavy (non-hydrogen) atoms. The third kappa shape index (κ3) is 2.99. The molecule has 2 rings (SSSR count). The summed E-state index contributed by atoms with van der Waals surface area (Å²) in [5, 5.41) is 17.5. The minimum atomic E-state index is -0.294. The van der Waals surface area contributed by atoms with Gasteiger partial charge >= 0.3 is 0 Å². The molecule has 1 fully saturated rings. The summed E-state index contributed by atoms with van der Waals surface area (Å²) in [7, 11) is 0. The van der Waals surface area contributed by atoms with Gasteiger partial charge in [-0.25, -0.2) is 0 Å². The fourth-order valence-corrected chi connectivity index (χ4v) is 2.14. The summed E-state index contributed by atoms with van der Waals surface area (Å²) in [6.07, 6.45) is 5.52. The van der Waals surface area contributed by atoms with Crippen molar-refractivity contribution in [3.63, 3.8) is 0 Å². The van der Waals surface area contributed by atoms with Crippen molar-refractivity contribution in [1.82, 2.24) is 9.88 Å². The Morgan fingerprint density at radius 3 is 2.63 bits per heavy atom. The zero-order chi connectivity index (χ0) is 13.7. The second-order valence-corrected chi connectivity index (χ2v) is 4.47. The van der Waals surface area contributed by atoms with Gasteiger partial charge in [-0.2, -0.15) is 0 Å². The van der Waals surface area contributed by atoms with Crippen molar-refractivity contribution in [3.05, 3.63) is 35.7 Å². The van der Waals surface area contributed by atoms with Crippen LogP contribution in [0.5, 0.6) is 0 Å². The summed E-state index contributed by atoms with van der Waals surface area (Å²) in [6, 6.07) is 5.07. The van der Waals surface area contributed by atoms with Crippen LogP contribution in [0, 0.1) is 5.41 Å². The van der Waals surface area contributed by atoms with E-state index in [1.807, 2.05) is 0 Å². The highest BCUT2D eigenvalue weighted by atomic mass is 16.3. The Labute approximate surface area is 112 Å². The largest absolute Gasteiger partial charge is 0.505 e. The van der Waals surface area contributed by atoms with Crippen LogP contribution in [0.25, 0.3) is 5.76 Å². The first-order chi connectivity index (χ1) is 9.24. The van der Waals surface area contributed by atoms with Crippen LogP contribution in [-0.2, 0) is 4.79 Å². The van der Waals surface area contributed by atoms with Gasteiger partial charge in [0.1, 0.15) is 11.3 Å². The molecule has 1 saturated heterocycles. The van der Waals surface area contributed by atoms with Crippen molar-refractivity contribution < 1.29 is 9.90 Å². The van der Waals surface area contributed by atoms with Gasteiger partial charge in [0.15, 0.2) is 5.76 Å². The summed E-state index contributed by atoms with van der Waals surface area (Å²) in [5.74, 6) is -0.524. The lowest BCUT2D eigenvalue weighted by Crippen LogP contribution is -2.37. The van der Waals surface area contributed by atoms with Crippen LogP contribution in [0.2, 0.25) is 0 Å². The normalized spacial score (nSPS) is 16.7. The second-order valence-electron chi connectivity index (χ2n) is 4.47. The molecule has 5 heteroatoms. The molecule has 5 nitrogen and oxygen atoms in total. The molecule has 0 unspecified atom stereocenters. The average molecular weight is 259 g/mol. The predicted octanol–water partition coefficient (Wildman–Crippen LogP) is 2.01. The number of nitrogens with zero attached hydrogens (tertiary/aromatic N) is 2. The number of nitrogens with one attached hydrogen (secondary N) is 1. The number of amides is 1. The number of hydrogen-bond acceptors (Lipinski definition) is 4. The van der Waals surface area contributed by atoms with Crippen molar-refractivity contribution in [2.45, 2.75) is 19.3 Å². The van der Waals surface area contributed by atoms with E-state index < -0.39 is 0 Å². The minimum absolute atomic E-state index is 0.000556. The lowest BCUT2D eigenvalue weighted by molar-refractivity contribution is -0.127. The molecule has 0 radical (unpaired) electrons. The maximum atomic E-state index is 12.3. The molecule has 0 aliphatic carbocycles. The van der Waals surface area contributed by atoms with Crippen molar-refractivity contribution in [1.29, 1.82) is 5.41 Å². The highest BCUT2D eigenvalue weighted by Gasteiger charge is 2.22. The van der Waals surface area contributed by atoms with Gasteiger partial charge in [0.25, 0.3) is 5.91 Å². The molecule has 1 aliphatic heterocycles. The lowest BCUT2D eigenvalue weighted by atomic mass is 10.1. The van der Waals surface area contributed by atoms with Crippen LogP contribution in [0.15, 0.2) is 30.0 Å². The van der Waals surface area contributed by atoms with E-state index >= 15 is 0 Å². The van der Waals surface area contributed by atoms with Gasteiger partial charge < -0.3 is 15.4 Å². The number of aromatic nitrogens is 1. The monoisotopic (exact) mass is 259 g/mol. The predicted molar refractivity (Wildman–Crippen MR) is 73.0 cm³/mol. The topological polar surface area (TPSA) is 77.3 Å². The molecule has 0 atom stereocenters. The zero-order valence-electron chi connectivity index (χ0n) is 10.7. The highest BCUT2D eigenvalue weighted by Crippen LogP contribution is 2.17. The van der Waals surface area contributed by atoms with Crippen LogP contribution < -0.4 is 0 Å². The van der Waals surface area contributed by atoms with Gasteiger partial charge in [0, 0.05) is 25.5 Å². The molecule has 100 valence electrons. The highest BCUT2D eigenvalue weighted by molar-refractivity contribution is 6.16. The Kier molecular flexibility index (Phi) is 4.28. The van der Waals surface area contributed by atoms with Gasteiger partial charge in [-0.3, -0.25) is 9.78 Å². The third-order valence-electron chi connectivity index (χ3n) is 3.18. The van der Waals surface area contributed by atoms with Gasteiger partial charge in [-0.05, 0) is 31.4 Å². The van der Waals surface area contributed by atoms with Crippen LogP contribution in [-0.4, -0.2) is 40.2 Å². The molecule has 1 aromatic heterocycles. The maximum Gasteiger partial charge on any atom is 0.259 e. The van der Waals surface area contributed by atoms with E-state index in [4.69, 9.17) is 5.41 Å². The summed E-state index contributed by atoms with van der Waals surface area (Å²) in [4.78, 5) is 17.9. The van der Waals surface area contributed by atoms with E-state index in [2.05, 4.69) is 4.98 Å². The molecule has 2 N–H and O–H groups in total. The Morgan fingerprint density at radius 2 is 2.05 bits per heavy atom. The standard InChI is InChI=1S/C14H17N3O2/c15-10-11(13(18)12-6-2-3-7-16-12)14(19)17-8-4-1-5-9-17/h2-3,6-7,10,15,18H,1,4-5,8-9H2/b13-11+,15-10?. The van der Waals surface area contributed by atoms with Crippen molar-refractivity contribution >= 4 is 17.9 Å². The molecule has 0 saturated carbocycles. The van der Waals surface area contributed by atoms with E-state index in [1.165, 1.54) is 0 Å². The number of hydrogen-bond donors (Lipinski definition) is 2. The number of rotatable bonds is 3. The van der Waals surface area contributed by atoms with Gasteiger partial charge in [-0.1, -0.05) is 6.07 Å². The first-order valence-corrected chi connectivity index (χ1v) is 6.38. The number of carbonyl (C=O) groups excluding carboxylic acids is 1. The molecule has 1 amide bonds. The number of piperidine rings is 1. The summed E-state index contributed by atoms with van der Waals surface area (Å²) >= 11 is 0. The molecule has 0 bridgehead atoms. The molecule has 0 aromatic carbocycles. The molecule has 1 aliphatic rings. The van der Waals surface area contributed by atoms with Gasteiger partial charge in [0.2, 0.25) is 0 Å². The number of carbonyl (C=O) groups is 1. The number of aliphatic hydroxyl groups is 1. The van der Waals surface area contributed by atoms with E-state index in [9.17, 15) is 9.90 Å². The Bertz CT molecular complexity index is 491. The fourth-order valence-electron chi connectivity index (χ4n) is 2.14. The zero-order valence-corrected chi connectivity index (χ0v) is 10.7. The SMILES string of the molecule is N=C/C(C(=O)N1CCCCC1)=C(\O)c1ccccn1. The quantitative estimate of drug-likeness (QED) is 0.495. The number of likely N-dealkylation sites (tertiary alicyclic amines) is 1. The van der Waals surface area contributed by atoms with Crippen LogP contribution in [0.4, 0.5) is 0 Å². The summed E-state index contributed by atoms with van der Waals surface area (Å²) in [5.41, 5.74) is 0.312. The smallest absolute Gasteiger partial charge is 0.259 e. The fraction of sp³-hybridized carbons (Fsp3) is 0.357. The van der Waals surface area contributed by atoms with Crippen LogP contribution >= 0.6 is 0 Å². The van der Waals surface area contributed by atoms with E-state index in [0.717, 1.165) is 25.5 Å². The summed E-state index contributed by atoms with van der Waals surface area (Å²) in [6.45, 7) is 1.37. The maximum absolute atomic E-state index is 12.3. The van der Waals surface area contributed by atoms with Gasteiger partial charge in [0.05, 0.1) is 0 Å². The van der Waals surface area contributed by atoms with E-state index in [1.54, 1.807) is 29.3 Å². The third-order valence-corrected chi connectivity index (χ3v) is 3.18. The lowest BCUT2D eigenvalue weighted by Gasteiger charge is -2.27.